The predicted molar refractivity (Wildman–Crippen MR) is 130 cm³/mol. The van der Waals surface area contributed by atoms with Crippen molar-refractivity contribution < 1.29 is 29.3 Å². The van der Waals surface area contributed by atoms with Crippen LogP contribution in [0.1, 0.15) is 48.3 Å². The van der Waals surface area contributed by atoms with Gasteiger partial charge in [-0.2, -0.15) is 0 Å². The van der Waals surface area contributed by atoms with Gasteiger partial charge in [0.2, 0.25) is 11.1 Å². The van der Waals surface area contributed by atoms with Crippen molar-refractivity contribution in [3.63, 3.8) is 0 Å². The summed E-state index contributed by atoms with van der Waals surface area (Å²) in [5.74, 6) is -0.760. The standard InChI is InChI=1S/C24H27N5O6S/c1-29-24(26-27-28-29)36-14-19-12-20(16-4-2-15(13-30)3-5-16)35-23(34-19)17-6-8-18(9-7-17)25-21(31)10-11-22(32)33/h2-9,19-20,23,30H,10-14H2,1H3,(H,25,31)(H,32,33). The van der Waals surface area contributed by atoms with E-state index in [4.69, 9.17) is 14.6 Å². The molecule has 1 aromatic heterocycles. The molecular formula is C24H27N5O6S. The van der Waals surface area contributed by atoms with Crippen LogP contribution in [0.15, 0.2) is 53.7 Å². The van der Waals surface area contributed by atoms with Crippen molar-refractivity contribution in [3.05, 3.63) is 65.2 Å². The summed E-state index contributed by atoms with van der Waals surface area (Å²) in [6.07, 6.45) is -0.702. The third kappa shape index (κ3) is 6.88. The van der Waals surface area contributed by atoms with Gasteiger partial charge in [-0.05, 0) is 33.7 Å². The number of aliphatic hydroxyl groups excluding tert-OH is 1. The second-order valence-electron chi connectivity index (χ2n) is 8.31. The van der Waals surface area contributed by atoms with Crippen LogP contribution >= 0.6 is 11.8 Å². The van der Waals surface area contributed by atoms with Crippen LogP contribution in [-0.4, -0.2) is 54.2 Å². The molecule has 11 nitrogen and oxygen atoms in total. The number of aliphatic hydroxyl groups is 1. The molecule has 1 fully saturated rings. The lowest BCUT2D eigenvalue weighted by atomic mass is 10.0. The number of hydrogen-bond donors (Lipinski definition) is 3. The minimum absolute atomic E-state index is 0.0261. The molecule has 0 aliphatic carbocycles. The Hall–Kier alpha value is -3.32. The van der Waals surface area contributed by atoms with E-state index in [0.717, 1.165) is 16.7 Å². The highest BCUT2D eigenvalue weighted by atomic mass is 32.2. The topological polar surface area (TPSA) is 149 Å². The Bertz CT molecular complexity index is 1170. The number of aliphatic carboxylic acids is 1. The number of benzene rings is 2. The number of carboxylic acid groups (broad SMARTS) is 1. The molecule has 0 bridgehead atoms. The van der Waals surface area contributed by atoms with Crippen molar-refractivity contribution in [2.24, 2.45) is 7.05 Å². The Labute approximate surface area is 211 Å². The number of tetrazole rings is 1. The first-order valence-electron chi connectivity index (χ1n) is 11.4. The zero-order valence-corrected chi connectivity index (χ0v) is 20.4. The van der Waals surface area contributed by atoms with E-state index < -0.39 is 12.3 Å². The fraction of sp³-hybridized carbons (Fsp3) is 0.375. The second kappa shape index (κ2) is 12.1. The summed E-state index contributed by atoms with van der Waals surface area (Å²) in [5, 5.41) is 33.0. The smallest absolute Gasteiger partial charge is 0.303 e. The maximum Gasteiger partial charge on any atom is 0.303 e. The Kier molecular flexibility index (Phi) is 8.65. The number of nitrogens with zero attached hydrogens (tertiary/aromatic N) is 4. The normalized spacial score (nSPS) is 19.7. The number of nitrogens with one attached hydrogen (secondary N) is 1. The predicted octanol–water partition coefficient (Wildman–Crippen LogP) is 2.84. The maximum atomic E-state index is 11.9. The molecule has 0 spiro atoms. The van der Waals surface area contributed by atoms with E-state index >= 15 is 0 Å². The van der Waals surface area contributed by atoms with Gasteiger partial charge in [-0.25, -0.2) is 4.68 Å². The van der Waals surface area contributed by atoms with Gasteiger partial charge < -0.3 is 25.0 Å². The first-order chi connectivity index (χ1) is 17.4. The number of thioether (sulfide) groups is 1. The highest BCUT2D eigenvalue weighted by molar-refractivity contribution is 7.99. The molecule has 190 valence electrons. The highest BCUT2D eigenvalue weighted by Gasteiger charge is 2.32. The lowest BCUT2D eigenvalue weighted by Crippen LogP contribution is -2.31. The van der Waals surface area contributed by atoms with E-state index in [9.17, 15) is 14.7 Å². The van der Waals surface area contributed by atoms with Crippen molar-refractivity contribution in [1.82, 2.24) is 20.2 Å². The SMILES string of the molecule is Cn1nnnc1SCC1CC(c2ccc(CO)cc2)OC(c2ccc(NC(=O)CCC(=O)O)cc2)O1. The number of aryl methyl sites for hydroxylation is 1. The first kappa shape index (κ1) is 25.8. The molecule has 1 aliphatic rings. The molecule has 12 heteroatoms. The third-order valence-electron chi connectivity index (χ3n) is 5.63. The molecular weight excluding hydrogens is 486 g/mol. The van der Waals surface area contributed by atoms with Gasteiger partial charge in [0.1, 0.15) is 0 Å². The molecule has 1 aliphatic heterocycles. The Morgan fingerprint density at radius 3 is 2.44 bits per heavy atom. The number of carboxylic acids is 1. The molecule has 2 heterocycles. The third-order valence-corrected chi connectivity index (χ3v) is 6.77. The summed E-state index contributed by atoms with van der Waals surface area (Å²) < 4.78 is 14.2. The van der Waals surface area contributed by atoms with Crippen LogP contribution in [0.25, 0.3) is 0 Å². The molecule has 0 saturated carbocycles. The van der Waals surface area contributed by atoms with Crippen molar-refractivity contribution in [2.45, 2.75) is 49.5 Å². The first-order valence-corrected chi connectivity index (χ1v) is 12.4. The van der Waals surface area contributed by atoms with Crippen LogP contribution in [0.3, 0.4) is 0 Å². The van der Waals surface area contributed by atoms with Crippen LogP contribution in [-0.2, 0) is 32.7 Å². The molecule has 3 aromatic rings. The van der Waals surface area contributed by atoms with E-state index in [1.54, 1.807) is 23.9 Å². The minimum atomic E-state index is -1.02. The average Bonchev–Trinajstić information content (AvgIpc) is 3.31. The zero-order chi connectivity index (χ0) is 25.5. The molecule has 0 radical (unpaired) electrons. The number of carbonyl (C=O) groups is 2. The number of hydrogen-bond acceptors (Lipinski definition) is 9. The molecule has 2 aromatic carbocycles. The average molecular weight is 514 g/mol. The van der Waals surface area contributed by atoms with Crippen LogP contribution < -0.4 is 5.32 Å². The second-order valence-corrected chi connectivity index (χ2v) is 9.30. The van der Waals surface area contributed by atoms with Crippen LogP contribution in [0.5, 0.6) is 0 Å². The number of ether oxygens (including phenoxy) is 2. The summed E-state index contributed by atoms with van der Waals surface area (Å²) >= 11 is 1.50. The van der Waals surface area contributed by atoms with Gasteiger partial charge in [-0.15, -0.1) is 5.10 Å². The molecule has 1 saturated heterocycles. The van der Waals surface area contributed by atoms with Gasteiger partial charge in [-0.3, -0.25) is 9.59 Å². The molecule has 4 rings (SSSR count). The lowest BCUT2D eigenvalue weighted by molar-refractivity contribution is -0.245. The van der Waals surface area contributed by atoms with Crippen molar-refractivity contribution in [2.75, 3.05) is 11.1 Å². The van der Waals surface area contributed by atoms with E-state index in [0.29, 0.717) is 23.0 Å². The molecule has 3 N–H and O–H groups in total. The summed E-state index contributed by atoms with van der Waals surface area (Å²) in [6, 6.07) is 14.7. The van der Waals surface area contributed by atoms with Crippen LogP contribution in [0.2, 0.25) is 0 Å². The molecule has 3 unspecified atom stereocenters. The van der Waals surface area contributed by atoms with Crippen LogP contribution in [0, 0.1) is 0 Å². The summed E-state index contributed by atoms with van der Waals surface area (Å²) in [7, 11) is 1.78. The van der Waals surface area contributed by atoms with Gasteiger partial charge in [0, 0.05) is 36.9 Å². The largest absolute Gasteiger partial charge is 0.481 e. The van der Waals surface area contributed by atoms with Crippen LogP contribution in [0.4, 0.5) is 5.69 Å². The fourth-order valence-electron chi connectivity index (χ4n) is 3.70. The van der Waals surface area contributed by atoms with E-state index in [1.807, 2.05) is 36.4 Å². The number of aromatic nitrogens is 4. The Morgan fingerprint density at radius 1 is 1.08 bits per heavy atom. The number of carbonyl (C=O) groups excluding carboxylic acids is 1. The van der Waals surface area contributed by atoms with Gasteiger partial charge in [0.05, 0.1) is 25.2 Å². The minimum Gasteiger partial charge on any atom is -0.481 e. The van der Waals surface area contributed by atoms with Gasteiger partial charge >= 0.3 is 5.97 Å². The van der Waals surface area contributed by atoms with E-state index in [-0.39, 0.29) is 37.6 Å². The summed E-state index contributed by atoms with van der Waals surface area (Å²) in [4.78, 5) is 22.6. The highest BCUT2D eigenvalue weighted by Crippen LogP contribution is 2.39. The molecule has 1 amide bonds. The number of amides is 1. The Morgan fingerprint density at radius 2 is 1.81 bits per heavy atom. The zero-order valence-electron chi connectivity index (χ0n) is 19.6. The van der Waals surface area contributed by atoms with Crippen molar-refractivity contribution in [1.29, 1.82) is 0 Å². The quantitative estimate of drug-likeness (QED) is 0.346. The van der Waals surface area contributed by atoms with Crippen molar-refractivity contribution >= 4 is 29.3 Å². The number of rotatable bonds is 10. The number of anilines is 1. The molecule has 36 heavy (non-hydrogen) atoms. The van der Waals surface area contributed by atoms with Crippen molar-refractivity contribution in [3.8, 4) is 0 Å². The maximum absolute atomic E-state index is 11.9. The monoisotopic (exact) mass is 513 g/mol. The van der Waals surface area contributed by atoms with E-state index in [1.165, 1.54) is 11.8 Å². The fourth-order valence-corrected chi connectivity index (χ4v) is 4.57. The molecule has 3 atom stereocenters. The Balaban J connectivity index is 1.47. The summed E-state index contributed by atoms with van der Waals surface area (Å²) in [6.45, 7) is -0.0261. The summed E-state index contributed by atoms with van der Waals surface area (Å²) in [5.41, 5.74) is 3.15. The van der Waals surface area contributed by atoms with Gasteiger partial charge in [0.25, 0.3) is 0 Å². The van der Waals surface area contributed by atoms with Gasteiger partial charge in [-0.1, -0.05) is 48.2 Å². The van der Waals surface area contributed by atoms with E-state index in [2.05, 4.69) is 20.8 Å². The van der Waals surface area contributed by atoms with Gasteiger partial charge in [0.15, 0.2) is 6.29 Å². The lowest BCUT2D eigenvalue weighted by Gasteiger charge is -2.36.